The lowest BCUT2D eigenvalue weighted by Crippen LogP contribution is -2.30. The first-order valence-corrected chi connectivity index (χ1v) is 8.15. The molecule has 0 saturated heterocycles. The van der Waals surface area contributed by atoms with Gasteiger partial charge in [0.1, 0.15) is 0 Å². The first-order valence-electron chi connectivity index (χ1n) is 6.20. The van der Waals surface area contributed by atoms with Crippen LogP contribution in [0.4, 0.5) is 5.69 Å². The van der Waals surface area contributed by atoms with Gasteiger partial charge in [-0.1, -0.05) is 34.8 Å². The first-order chi connectivity index (χ1) is 9.92. The second-order valence-electron chi connectivity index (χ2n) is 4.39. The standard InChI is InChI=1S/C14H13Cl3N2OS/c1-2-19(7-9-3-4-12(16)21-9)14(20)10-5-8(18)6-11(15)13(10)17/h3-6H,2,7,18H2,1H3. The van der Waals surface area contributed by atoms with Gasteiger partial charge in [0, 0.05) is 17.1 Å². The number of halogens is 3. The molecule has 0 aliphatic carbocycles. The molecule has 1 heterocycles. The Morgan fingerprint density at radius 2 is 2.00 bits per heavy atom. The molecule has 1 aromatic carbocycles. The third kappa shape index (κ3) is 3.83. The van der Waals surface area contributed by atoms with Crippen LogP contribution in [0, 0.1) is 0 Å². The Morgan fingerprint density at radius 1 is 1.29 bits per heavy atom. The maximum atomic E-state index is 12.6. The van der Waals surface area contributed by atoms with Crippen molar-refractivity contribution in [1.29, 1.82) is 0 Å². The van der Waals surface area contributed by atoms with Crippen LogP contribution in [0.15, 0.2) is 24.3 Å². The number of amides is 1. The Morgan fingerprint density at radius 3 is 2.57 bits per heavy atom. The number of rotatable bonds is 4. The van der Waals surface area contributed by atoms with Crippen LogP contribution < -0.4 is 5.73 Å². The third-order valence-corrected chi connectivity index (χ3v) is 4.94. The second-order valence-corrected chi connectivity index (χ2v) is 6.97. The van der Waals surface area contributed by atoms with Gasteiger partial charge < -0.3 is 10.6 Å². The largest absolute Gasteiger partial charge is 0.399 e. The average Bonchev–Trinajstić information content (AvgIpc) is 2.85. The quantitative estimate of drug-likeness (QED) is 0.781. The highest BCUT2D eigenvalue weighted by Crippen LogP contribution is 2.30. The summed E-state index contributed by atoms with van der Waals surface area (Å²) in [5.74, 6) is -0.207. The Balaban J connectivity index is 2.28. The van der Waals surface area contributed by atoms with Crippen molar-refractivity contribution in [3.63, 3.8) is 0 Å². The number of carbonyl (C=O) groups is 1. The number of benzene rings is 1. The number of hydrogen-bond acceptors (Lipinski definition) is 3. The molecule has 0 atom stereocenters. The number of nitrogen functional groups attached to an aromatic ring is 1. The van der Waals surface area contributed by atoms with Crippen molar-refractivity contribution in [3.05, 3.63) is 49.1 Å². The van der Waals surface area contributed by atoms with Crippen LogP contribution in [0.3, 0.4) is 0 Å². The minimum atomic E-state index is -0.207. The van der Waals surface area contributed by atoms with Crippen LogP contribution in [0.5, 0.6) is 0 Å². The van der Waals surface area contributed by atoms with Crippen LogP contribution in [-0.2, 0) is 6.54 Å². The molecule has 1 amide bonds. The summed E-state index contributed by atoms with van der Waals surface area (Å²) in [7, 11) is 0. The summed E-state index contributed by atoms with van der Waals surface area (Å²) in [6, 6.07) is 6.78. The molecule has 3 nitrogen and oxygen atoms in total. The molecule has 0 radical (unpaired) electrons. The minimum absolute atomic E-state index is 0.207. The molecule has 0 spiro atoms. The molecular formula is C14H13Cl3N2OS. The fourth-order valence-corrected chi connectivity index (χ4v) is 3.41. The van der Waals surface area contributed by atoms with Crippen LogP contribution in [0.25, 0.3) is 0 Å². The fraction of sp³-hybridized carbons (Fsp3) is 0.214. The maximum absolute atomic E-state index is 12.6. The normalized spacial score (nSPS) is 10.7. The van der Waals surface area contributed by atoms with Crippen LogP contribution in [0.1, 0.15) is 22.2 Å². The Kier molecular flexibility index (Phi) is 5.38. The summed E-state index contributed by atoms with van der Waals surface area (Å²) < 4.78 is 0.693. The zero-order valence-electron chi connectivity index (χ0n) is 11.2. The van der Waals surface area contributed by atoms with E-state index in [2.05, 4.69) is 0 Å². The second kappa shape index (κ2) is 6.88. The zero-order valence-corrected chi connectivity index (χ0v) is 14.3. The van der Waals surface area contributed by atoms with Crippen molar-refractivity contribution in [2.75, 3.05) is 12.3 Å². The zero-order chi connectivity index (χ0) is 15.6. The Hall–Kier alpha value is -0.940. The molecule has 2 aromatic rings. The van der Waals surface area contributed by atoms with Crippen molar-refractivity contribution in [2.45, 2.75) is 13.5 Å². The molecule has 0 fully saturated rings. The highest BCUT2D eigenvalue weighted by molar-refractivity contribution is 7.16. The lowest BCUT2D eigenvalue weighted by atomic mass is 10.1. The maximum Gasteiger partial charge on any atom is 0.255 e. The van der Waals surface area contributed by atoms with E-state index in [4.69, 9.17) is 40.5 Å². The van der Waals surface area contributed by atoms with Crippen LogP contribution in [0.2, 0.25) is 14.4 Å². The molecule has 21 heavy (non-hydrogen) atoms. The van der Waals surface area contributed by atoms with E-state index in [1.807, 2.05) is 19.1 Å². The Bertz CT molecular complexity index is 672. The van der Waals surface area contributed by atoms with Gasteiger partial charge >= 0.3 is 0 Å². The van der Waals surface area contributed by atoms with E-state index in [1.54, 1.807) is 11.0 Å². The highest BCUT2D eigenvalue weighted by Gasteiger charge is 2.20. The van der Waals surface area contributed by atoms with Gasteiger partial charge in [0.15, 0.2) is 0 Å². The SMILES string of the molecule is CCN(Cc1ccc(Cl)s1)C(=O)c1cc(N)cc(Cl)c1Cl. The molecule has 0 aliphatic heterocycles. The molecule has 0 saturated carbocycles. The topological polar surface area (TPSA) is 46.3 Å². The average molecular weight is 364 g/mol. The van der Waals surface area contributed by atoms with Gasteiger partial charge in [-0.25, -0.2) is 0 Å². The monoisotopic (exact) mass is 362 g/mol. The van der Waals surface area contributed by atoms with Crippen molar-refractivity contribution in [2.24, 2.45) is 0 Å². The van der Waals surface area contributed by atoms with Gasteiger partial charge in [0.05, 0.1) is 26.5 Å². The highest BCUT2D eigenvalue weighted by atomic mass is 35.5. The van der Waals surface area contributed by atoms with Crippen LogP contribution in [-0.4, -0.2) is 17.4 Å². The van der Waals surface area contributed by atoms with Crippen molar-refractivity contribution >= 4 is 57.7 Å². The molecule has 0 bridgehead atoms. The van der Waals surface area contributed by atoms with E-state index in [9.17, 15) is 4.79 Å². The number of nitrogens with two attached hydrogens (primary N) is 1. The fourth-order valence-electron chi connectivity index (χ4n) is 1.89. The Labute approximate surface area is 142 Å². The molecule has 2 N–H and O–H groups in total. The lowest BCUT2D eigenvalue weighted by Gasteiger charge is -2.21. The predicted molar refractivity (Wildman–Crippen MR) is 90.6 cm³/mol. The number of nitrogens with zero attached hydrogens (tertiary/aromatic N) is 1. The van der Waals surface area contributed by atoms with E-state index in [-0.39, 0.29) is 16.0 Å². The summed E-state index contributed by atoms with van der Waals surface area (Å²) in [5.41, 5.74) is 6.45. The van der Waals surface area contributed by atoms with Crippen molar-refractivity contribution < 1.29 is 4.79 Å². The molecule has 1 aromatic heterocycles. The smallest absolute Gasteiger partial charge is 0.255 e. The first kappa shape index (κ1) is 16.4. The summed E-state index contributed by atoms with van der Waals surface area (Å²) in [5, 5.41) is 0.494. The van der Waals surface area contributed by atoms with E-state index in [1.165, 1.54) is 17.4 Å². The lowest BCUT2D eigenvalue weighted by molar-refractivity contribution is 0.0754. The minimum Gasteiger partial charge on any atom is -0.399 e. The number of carbonyl (C=O) groups excluding carboxylic acids is 1. The van der Waals surface area contributed by atoms with Crippen molar-refractivity contribution in [3.8, 4) is 0 Å². The van der Waals surface area contributed by atoms with E-state index in [0.717, 1.165) is 4.88 Å². The van der Waals surface area contributed by atoms with Crippen LogP contribution >= 0.6 is 46.1 Å². The molecule has 0 unspecified atom stereocenters. The van der Waals surface area contributed by atoms with Gasteiger partial charge in [-0.15, -0.1) is 11.3 Å². The van der Waals surface area contributed by atoms with Gasteiger partial charge in [0.2, 0.25) is 0 Å². The number of anilines is 1. The molecular weight excluding hydrogens is 351 g/mol. The molecule has 2 rings (SSSR count). The van der Waals surface area contributed by atoms with Gasteiger partial charge in [-0.05, 0) is 31.2 Å². The summed E-state index contributed by atoms with van der Waals surface area (Å²) >= 11 is 19.4. The molecule has 0 aliphatic rings. The molecule has 112 valence electrons. The molecule has 7 heteroatoms. The van der Waals surface area contributed by atoms with Gasteiger partial charge in [-0.2, -0.15) is 0 Å². The van der Waals surface area contributed by atoms with E-state index < -0.39 is 0 Å². The van der Waals surface area contributed by atoms with Crippen molar-refractivity contribution in [1.82, 2.24) is 4.90 Å². The number of hydrogen-bond donors (Lipinski definition) is 1. The predicted octanol–water partition coefficient (Wildman–Crippen LogP) is 4.95. The van der Waals surface area contributed by atoms with Gasteiger partial charge in [-0.3, -0.25) is 4.79 Å². The summed E-state index contributed by atoms with van der Waals surface area (Å²) in [6.45, 7) is 2.90. The number of thiophene rings is 1. The van der Waals surface area contributed by atoms with E-state index in [0.29, 0.717) is 28.7 Å². The van der Waals surface area contributed by atoms with E-state index >= 15 is 0 Å². The third-order valence-electron chi connectivity index (χ3n) is 2.93. The van der Waals surface area contributed by atoms with Gasteiger partial charge in [0.25, 0.3) is 5.91 Å². The summed E-state index contributed by atoms with van der Waals surface area (Å²) in [4.78, 5) is 15.3. The summed E-state index contributed by atoms with van der Waals surface area (Å²) in [6.07, 6.45) is 0.